The van der Waals surface area contributed by atoms with Crippen LogP contribution in [0.4, 0.5) is 37.7 Å². The molecular formula is C29H32F6N2O5S2. The van der Waals surface area contributed by atoms with Crippen LogP contribution in [0.5, 0.6) is 5.75 Å². The van der Waals surface area contributed by atoms with Crippen molar-refractivity contribution in [1.29, 1.82) is 0 Å². The number of likely N-dealkylation sites (N-methyl/N-ethyl adjacent to an activating group) is 1. The van der Waals surface area contributed by atoms with E-state index >= 15 is 0 Å². The fourth-order valence-corrected chi connectivity index (χ4v) is 8.80. The lowest BCUT2D eigenvalue weighted by Crippen LogP contribution is -2.54. The van der Waals surface area contributed by atoms with Crippen LogP contribution in [-0.2, 0) is 14.8 Å². The third-order valence-electron chi connectivity index (χ3n) is 8.36. The first-order valence-electron chi connectivity index (χ1n) is 14.0. The fraction of sp³-hybridized carbons (Fsp3) is 0.552. The predicted octanol–water partition coefficient (Wildman–Crippen LogP) is 7.03. The minimum atomic E-state index is -4.37. The zero-order valence-corrected chi connectivity index (χ0v) is 25.5. The van der Waals surface area contributed by atoms with E-state index in [1.54, 1.807) is 35.2 Å². The number of rotatable bonds is 10. The van der Waals surface area contributed by atoms with E-state index in [1.165, 1.54) is 13.1 Å². The van der Waals surface area contributed by atoms with Crippen LogP contribution in [-0.4, -0.2) is 73.1 Å². The lowest BCUT2D eigenvalue weighted by molar-refractivity contribution is -0.199. The molecule has 2 fully saturated rings. The highest BCUT2D eigenvalue weighted by Crippen LogP contribution is 2.54. The minimum Gasteiger partial charge on any atom is -0.491 e. The van der Waals surface area contributed by atoms with Crippen LogP contribution in [0.3, 0.4) is 0 Å². The molecule has 0 spiro atoms. The highest BCUT2D eigenvalue weighted by Gasteiger charge is 2.62. The first kappa shape index (κ1) is 32.7. The van der Waals surface area contributed by atoms with Crippen molar-refractivity contribution in [2.24, 2.45) is 5.41 Å². The summed E-state index contributed by atoms with van der Waals surface area (Å²) in [5, 5.41) is 9.13. The van der Waals surface area contributed by atoms with Gasteiger partial charge in [-0.1, -0.05) is 18.2 Å². The molecule has 1 aliphatic heterocycles. The molecule has 0 aromatic heterocycles. The van der Waals surface area contributed by atoms with E-state index in [9.17, 15) is 44.7 Å². The van der Waals surface area contributed by atoms with Gasteiger partial charge in [0.2, 0.25) is 21.9 Å². The van der Waals surface area contributed by atoms with Crippen molar-refractivity contribution < 1.29 is 49.4 Å². The molecule has 1 heterocycles. The van der Waals surface area contributed by atoms with Gasteiger partial charge in [0.25, 0.3) is 5.92 Å². The Bertz CT molecular complexity index is 1500. The number of fused-ring (bicyclic) bond motifs is 1. The predicted molar refractivity (Wildman–Crippen MR) is 152 cm³/mol. The summed E-state index contributed by atoms with van der Waals surface area (Å²) < 4.78 is 118. The molecule has 1 N–H and O–H groups in total. The third kappa shape index (κ3) is 6.64. The van der Waals surface area contributed by atoms with Gasteiger partial charge in [-0.05, 0) is 31.5 Å². The van der Waals surface area contributed by atoms with E-state index in [2.05, 4.69) is 0 Å². The van der Waals surface area contributed by atoms with Gasteiger partial charge in [-0.25, -0.2) is 34.8 Å². The molecule has 2 aliphatic carbocycles. The summed E-state index contributed by atoms with van der Waals surface area (Å²) in [6.45, 7) is 0.0459. The zero-order chi connectivity index (χ0) is 32.3. The number of carboxylic acid groups (broad SMARTS) is 1. The Hall–Kier alpha value is -2.65. The lowest BCUT2D eigenvalue weighted by atomic mass is 9.66. The second kappa shape index (κ2) is 11.3. The number of aliphatic carboxylic acids is 1. The quantitative estimate of drug-likeness (QED) is 0.273. The zero-order valence-electron chi connectivity index (χ0n) is 23.9. The van der Waals surface area contributed by atoms with Crippen LogP contribution in [0.15, 0.2) is 52.3 Å². The molecule has 0 amide bonds. The van der Waals surface area contributed by atoms with E-state index < -0.39 is 89.2 Å². The summed E-state index contributed by atoms with van der Waals surface area (Å²) in [4.78, 5) is 13.5. The highest BCUT2D eigenvalue weighted by atomic mass is 32.2. The summed E-state index contributed by atoms with van der Waals surface area (Å²) in [5.74, 6) is -10.8. The van der Waals surface area contributed by atoms with Crippen molar-refractivity contribution in [1.82, 2.24) is 4.31 Å². The van der Waals surface area contributed by atoms with Crippen molar-refractivity contribution in [3.05, 3.63) is 42.5 Å². The number of alkyl halides is 6. The second-order valence-corrected chi connectivity index (χ2v) is 15.4. The maximum atomic E-state index is 14.0. The Morgan fingerprint density at radius 3 is 2.27 bits per heavy atom. The Morgan fingerprint density at radius 2 is 1.73 bits per heavy atom. The van der Waals surface area contributed by atoms with Gasteiger partial charge in [0, 0.05) is 68.7 Å². The maximum Gasteiger partial charge on any atom is 0.313 e. The smallest absolute Gasteiger partial charge is 0.313 e. The molecule has 1 atom stereocenters. The molecular weight excluding hydrogens is 634 g/mol. The molecule has 0 radical (unpaired) electrons. The number of halogens is 6. The monoisotopic (exact) mass is 666 g/mol. The highest BCUT2D eigenvalue weighted by molar-refractivity contribution is 8.00. The average molecular weight is 667 g/mol. The lowest BCUT2D eigenvalue weighted by Gasteiger charge is -2.43. The number of anilines is 2. The number of para-hydroxylation sites is 1. The fourth-order valence-electron chi connectivity index (χ4n) is 5.81. The van der Waals surface area contributed by atoms with E-state index in [1.807, 2.05) is 0 Å². The third-order valence-corrected chi connectivity index (χ3v) is 11.5. The molecule has 3 aliphatic rings. The molecule has 242 valence electrons. The van der Waals surface area contributed by atoms with E-state index in [4.69, 9.17) is 4.74 Å². The number of benzene rings is 2. The van der Waals surface area contributed by atoms with Gasteiger partial charge in [0.05, 0.1) is 10.6 Å². The summed E-state index contributed by atoms with van der Waals surface area (Å²) in [6.07, 6.45) is -3.58. The van der Waals surface area contributed by atoms with Crippen LogP contribution in [0.25, 0.3) is 0 Å². The first-order chi connectivity index (χ1) is 20.3. The molecule has 5 rings (SSSR count). The Kier molecular flexibility index (Phi) is 8.41. The number of carboxylic acids is 1. The van der Waals surface area contributed by atoms with E-state index in [0.29, 0.717) is 5.69 Å². The van der Waals surface area contributed by atoms with Crippen LogP contribution in [0.1, 0.15) is 45.4 Å². The standard InChI is InChI=1S/C29H32F6N2O5S2/c1-26(30,31)9-8-19-14-37(18-6-4-3-5-7-18)21-10-23(43-20-12-28(32,33)13-20)22(11-24(21)44(40,41)36(19)2)42-17-27(25(38)39)15-29(34,35)16-27/h3-7,10-11,19-20H,8-9,12-17H2,1-2H3,(H,38,39)/t19-/m1/s1. The Morgan fingerprint density at radius 1 is 1.09 bits per heavy atom. The second-order valence-electron chi connectivity index (χ2n) is 12.1. The van der Waals surface area contributed by atoms with E-state index in [-0.39, 0.29) is 34.2 Å². The molecule has 7 nitrogen and oxygen atoms in total. The Labute approximate surface area is 255 Å². The van der Waals surface area contributed by atoms with E-state index in [0.717, 1.165) is 29.1 Å². The normalized spacial score (nSPS) is 24.0. The van der Waals surface area contributed by atoms with Crippen molar-refractivity contribution in [2.45, 2.75) is 84.3 Å². The van der Waals surface area contributed by atoms with Gasteiger partial charge >= 0.3 is 5.97 Å². The number of ether oxygens (including phenoxy) is 1. The number of sulfonamides is 1. The summed E-state index contributed by atoms with van der Waals surface area (Å²) in [7, 11) is -3.09. The van der Waals surface area contributed by atoms with Gasteiger partial charge in [-0.15, -0.1) is 11.8 Å². The van der Waals surface area contributed by atoms with Gasteiger partial charge in [0.1, 0.15) is 22.7 Å². The van der Waals surface area contributed by atoms with Crippen LogP contribution >= 0.6 is 11.8 Å². The molecule has 0 saturated heterocycles. The molecule has 2 aromatic carbocycles. The summed E-state index contributed by atoms with van der Waals surface area (Å²) >= 11 is 1.00. The van der Waals surface area contributed by atoms with Crippen molar-refractivity contribution >= 4 is 39.1 Å². The van der Waals surface area contributed by atoms with Crippen molar-refractivity contribution in [2.75, 3.05) is 25.1 Å². The SMILES string of the molecule is CN1[C@H](CCC(C)(F)F)CN(c2ccccc2)c2cc(SC3CC(F)(F)C3)c(OCC3(C(=O)O)CC(F)(F)C3)cc2S1(=O)=O. The van der Waals surface area contributed by atoms with Crippen molar-refractivity contribution in [3.63, 3.8) is 0 Å². The summed E-state index contributed by atoms with van der Waals surface area (Å²) in [5.41, 5.74) is -1.21. The number of hydrogen-bond acceptors (Lipinski definition) is 6. The average Bonchev–Trinajstić information content (AvgIpc) is 2.96. The Balaban J connectivity index is 1.60. The first-order valence-corrected chi connectivity index (χ1v) is 16.3. The minimum absolute atomic E-state index is 0.00809. The number of carbonyl (C=O) groups is 1. The van der Waals surface area contributed by atoms with Crippen molar-refractivity contribution in [3.8, 4) is 5.75 Å². The van der Waals surface area contributed by atoms with Crippen LogP contribution < -0.4 is 9.64 Å². The van der Waals surface area contributed by atoms with Crippen LogP contribution in [0, 0.1) is 5.41 Å². The van der Waals surface area contributed by atoms with Gasteiger partial charge in [-0.2, -0.15) is 4.31 Å². The number of nitrogens with zero attached hydrogens (tertiary/aromatic N) is 2. The molecule has 2 saturated carbocycles. The summed E-state index contributed by atoms with van der Waals surface area (Å²) in [6, 6.07) is 10.3. The van der Waals surface area contributed by atoms with Gasteiger partial charge in [0.15, 0.2) is 0 Å². The molecule has 15 heteroatoms. The largest absolute Gasteiger partial charge is 0.491 e. The topological polar surface area (TPSA) is 87.2 Å². The maximum absolute atomic E-state index is 14.0. The molecule has 0 unspecified atom stereocenters. The number of thioether (sulfide) groups is 1. The molecule has 44 heavy (non-hydrogen) atoms. The molecule has 2 aromatic rings. The number of hydrogen-bond donors (Lipinski definition) is 1. The van der Waals surface area contributed by atoms with Crippen LogP contribution in [0.2, 0.25) is 0 Å². The molecule has 0 bridgehead atoms. The van der Waals surface area contributed by atoms with Gasteiger partial charge in [-0.3, -0.25) is 4.79 Å². The van der Waals surface area contributed by atoms with Gasteiger partial charge < -0.3 is 14.7 Å².